The molecule has 2 saturated heterocycles. The molecular weight excluding hydrogens is 1090 g/mol. The van der Waals surface area contributed by atoms with Crippen molar-refractivity contribution in [2.45, 2.75) is 102 Å². The van der Waals surface area contributed by atoms with Gasteiger partial charge in [0.1, 0.15) is 34.1 Å². The number of ether oxygens (including phenoxy) is 3. The highest BCUT2D eigenvalue weighted by Gasteiger charge is 2.61. The number of alkyl halides is 3. The van der Waals surface area contributed by atoms with E-state index in [9.17, 15) is 38.1 Å². The van der Waals surface area contributed by atoms with Crippen LogP contribution in [-0.2, 0) is 25.9 Å². The highest BCUT2D eigenvalue weighted by molar-refractivity contribution is 7.81. The molecule has 79 heavy (non-hydrogen) atoms. The van der Waals surface area contributed by atoms with Crippen LogP contribution in [0.15, 0.2) is 97.1 Å². The maximum Gasteiger partial charge on any atom is 0.417 e. The van der Waals surface area contributed by atoms with Crippen molar-refractivity contribution >= 4 is 75.3 Å². The lowest BCUT2D eigenvalue weighted by Gasteiger charge is -2.37. The van der Waals surface area contributed by atoms with Crippen molar-refractivity contribution in [1.82, 2.24) is 10.6 Å². The number of methoxy groups -OCH3 is 1. The number of halogens is 7. The van der Waals surface area contributed by atoms with Gasteiger partial charge in [-0.2, -0.15) is 23.7 Å². The third-order valence-electron chi connectivity index (χ3n) is 13.9. The highest BCUT2D eigenvalue weighted by Crippen LogP contribution is 2.53. The third kappa shape index (κ3) is 12.9. The molecule has 2 aliphatic heterocycles. The molecule has 0 aromatic heterocycles. The van der Waals surface area contributed by atoms with Crippen molar-refractivity contribution in [2.75, 3.05) is 48.6 Å². The summed E-state index contributed by atoms with van der Waals surface area (Å²) >= 11 is 18.1. The van der Waals surface area contributed by atoms with Crippen molar-refractivity contribution in [2.24, 2.45) is 5.41 Å². The Kier molecular flexibility index (Phi) is 18.7. The van der Waals surface area contributed by atoms with Crippen LogP contribution in [0.3, 0.4) is 0 Å². The van der Waals surface area contributed by atoms with Gasteiger partial charge in [0.25, 0.3) is 11.8 Å². The van der Waals surface area contributed by atoms with Crippen LogP contribution in [0.4, 0.5) is 39.0 Å². The molecule has 0 aliphatic carbocycles. The summed E-state index contributed by atoms with van der Waals surface area (Å²) in [7, 11) is 1.37. The van der Waals surface area contributed by atoms with Crippen LogP contribution in [0.1, 0.15) is 105 Å². The number of nitrogens with one attached hydrogen (secondary N) is 3. The number of unbranched alkanes of at least 4 members (excludes halogenated alkanes) is 2. The predicted molar refractivity (Wildman–Crippen MR) is 296 cm³/mol. The normalized spacial score (nSPS) is 19.0. The van der Waals surface area contributed by atoms with Crippen molar-refractivity contribution in [3.8, 4) is 23.6 Å². The summed E-state index contributed by atoms with van der Waals surface area (Å²) in [6.45, 7) is 10.7. The largest absolute Gasteiger partial charge is 0.495 e. The molecule has 416 valence electrons. The lowest BCUT2D eigenvalue weighted by Crippen LogP contribution is -2.45. The molecule has 0 spiro atoms. The molecule has 2 fully saturated rings. The molecule has 2 aliphatic rings. The Morgan fingerprint density at radius 1 is 0.873 bits per heavy atom. The first-order valence-electron chi connectivity index (χ1n) is 25.3. The predicted octanol–water partition coefficient (Wildman–Crippen LogP) is 12.4. The van der Waals surface area contributed by atoms with Gasteiger partial charge in [0.2, 0.25) is 5.91 Å². The summed E-state index contributed by atoms with van der Waals surface area (Å²) < 4.78 is 90.8. The second kappa shape index (κ2) is 24.7. The van der Waals surface area contributed by atoms with Crippen LogP contribution >= 0.6 is 35.4 Å². The Morgan fingerprint density at radius 3 is 2.23 bits per heavy atom. The van der Waals surface area contributed by atoms with Crippen molar-refractivity contribution < 1.29 is 50.5 Å². The number of thiocarbonyl (C=S) groups is 1. The number of carbonyl (C=O) groups is 3. The number of nitrogens with zero attached hydrogens (tertiary/aromatic N) is 4. The van der Waals surface area contributed by atoms with E-state index in [1.165, 1.54) is 61.7 Å². The number of nitriles is 2. The molecule has 3 amide bonds. The molecule has 7 rings (SSSR count). The van der Waals surface area contributed by atoms with Gasteiger partial charge in [-0.25, -0.2) is 8.78 Å². The molecule has 4 unspecified atom stereocenters. The topological polar surface area (TPSA) is 169 Å². The van der Waals surface area contributed by atoms with Gasteiger partial charge in [0.15, 0.2) is 5.11 Å². The fourth-order valence-corrected chi connectivity index (χ4v) is 11.0. The number of anilines is 3. The van der Waals surface area contributed by atoms with Crippen molar-refractivity contribution in [3.05, 3.63) is 147 Å². The summed E-state index contributed by atoms with van der Waals surface area (Å²) in [6.07, 6.45) is -1.69. The monoisotopic (exact) mass is 1150 g/mol. The van der Waals surface area contributed by atoms with E-state index in [1.807, 2.05) is 20.8 Å². The minimum atomic E-state index is -4.81. The minimum Gasteiger partial charge on any atom is -0.495 e. The molecule has 0 bridgehead atoms. The van der Waals surface area contributed by atoms with Crippen LogP contribution in [0, 0.1) is 39.7 Å². The Morgan fingerprint density at radius 2 is 1.57 bits per heavy atom. The zero-order chi connectivity index (χ0) is 57.6. The molecule has 21 heteroatoms. The SMILES string of the molecule is COc1cc(C(=O)NCCCOCCCCCOc2ccc(N3C(=S)N(c4ccc(C#N)c(C(F)(F)F)c4)C(=O)C3(C)C)cc2)ccc1NC(=O)C1NC(CC(C)(C)C)C(C#N)(c2ccc(Cl)cc2F)C1c1cccc(Cl)c1F. The quantitative estimate of drug-likeness (QED) is 0.0385. The second-order valence-corrected chi connectivity index (χ2v) is 22.1. The standard InChI is InChI=1S/C58H58Cl2F5N7O6S/c1-55(2,3)31-47-57(33-67,41-22-16-36(59)29-44(41)61)48(40-12-10-13-43(60)49(40)62)50(70-47)52(74)69-45-23-15-34(28-46(45)76-6)51(73)68-24-11-26-77-25-8-7-9-27-78-39-20-18-37(19-21-39)72-54(79)71(53(75)56(72,4)5)38-17-14-35(32-66)42(30-38)58(63,64)65/h10,12-23,28-30,47-48,50,70H,7-9,11,24-27,31H2,1-6H3,(H,68,73)(H,69,74). The maximum absolute atomic E-state index is 16.2. The first-order valence-corrected chi connectivity index (χ1v) is 26.5. The number of amides is 3. The van der Waals surface area contributed by atoms with E-state index in [1.54, 1.807) is 49.1 Å². The highest BCUT2D eigenvalue weighted by atomic mass is 35.5. The molecule has 5 aromatic rings. The molecule has 2 heterocycles. The van der Waals surface area contributed by atoms with Gasteiger partial charge in [-0.05, 0) is 148 Å². The van der Waals surface area contributed by atoms with Gasteiger partial charge in [-0.15, -0.1) is 0 Å². The van der Waals surface area contributed by atoms with Crippen LogP contribution in [0.25, 0.3) is 0 Å². The molecule has 4 atom stereocenters. The summed E-state index contributed by atoms with van der Waals surface area (Å²) in [6, 6.07) is 24.3. The van der Waals surface area contributed by atoms with Gasteiger partial charge in [-0.3, -0.25) is 19.3 Å². The van der Waals surface area contributed by atoms with Gasteiger partial charge >= 0.3 is 6.18 Å². The molecule has 0 radical (unpaired) electrons. The summed E-state index contributed by atoms with van der Waals surface area (Å²) in [5, 5.41) is 29.2. The molecule has 13 nitrogen and oxygen atoms in total. The van der Waals surface area contributed by atoms with E-state index in [-0.39, 0.29) is 55.4 Å². The Balaban J connectivity index is 0.869. The fraction of sp³-hybridized carbons (Fsp3) is 0.379. The van der Waals surface area contributed by atoms with E-state index >= 15 is 8.78 Å². The molecule has 5 aromatic carbocycles. The fourth-order valence-electron chi connectivity index (χ4n) is 10.1. The number of hydrogen-bond donors (Lipinski definition) is 3. The van der Waals surface area contributed by atoms with E-state index < -0.39 is 81.0 Å². The first kappa shape index (κ1) is 59.8. The Bertz CT molecular complexity index is 3200. The smallest absolute Gasteiger partial charge is 0.417 e. The molecule has 3 N–H and O–H groups in total. The molecular formula is C58H58Cl2F5N7O6S. The van der Waals surface area contributed by atoms with Gasteiger partial charge < -0.3 is 35.1 Å². The van der Waals surface area contributed by atoms with Crippen LogP contribution < -0.4 is 35.2 Å². The average molecular weight is 1150 g/mol. The van der Waals surface area contributed by atoms with Crippen LogP contribution in [0.5, 0.6) is 11.5 Å². The van der Waals surface area contributed by atoms with Crippen molar-refractivity contribution in [1.29, 1.82) is 10.5 Å². The minimum absolute atomic E-state index is 0.0125. The average Bonchev–Trinajstić information content (AvgIpc) is 3.64. The molecule has 0 saturated carbocycles. The van der Waals surface area contributed by atoms with E-state index in [4.69, 9.17) is 49.6 Å². The lowest BCUT2D eigenvalue weighted by atomic mass is 9.62. The van der Waals surface area contributed by atoms with E-state index in [0.29, 0.717) is 44.2 Å². The first-order chi connectivity index (χ1) is 37.4. The number of rotatable bonds is 20. The Labute approximate surface area is 470 Å². The third-order valence-corrected chi connectivity index (χ3v) is 14.7. The summed E-state index contributed by atoms with van der Waals surface area (Å²) in [5.41, 5.74) is -4.48. The van der Waals surface area contributed by atoms with E-state index in [0.717, 1.165) is 42.4 Å². The van der Waals surface area contributed by atoms with Gasteiger partial charge in [0, 0.05) is 53.6 Å². The zero-order valence-electron chi connectivity index (χ0n) is 44.1. The Hall–Kier alpha value is -6.87. The maximum atomic E-state index is 16.2. The summed E-state index contributed by atoms with van der Waals surface area (Å²) in [5.74, 6) is -3.82. The van der Waals surface area contributed by atoms with E-state index in [2.05, 4.69) is 22.0 Å². The number of benzene rings is 5. The lowest BCUT2D eigenvalue weighted by molar-refractivity contribution is -0.137. The van der Waals surface area contributed by atoms with Crippen LogP contribution in [0.2, 0.25) is 10.0 Å². The second-order valence-electron chi connectivity index (χ2n) is 20.9. The van der Waals surface area contributed by atoms with Crippen molar-refractivity contribution in [3.63, 3.8) is 0 Å². The van der Waals surface area contributed by atoms with Gasteiger partial charge in [-0.1, -0.05) is 62.2 Å². The number of carbonyl (C=O) groups excluding carboxylic acids is 3. The summed E-state index contributed by atoms with van der Waals surface area (Å²) in [4.78, 5) is 44.0. The zero-order valence-corrected chi connectivity index (χ0v) is 46.5. The number of hydrogen-bond acceptors (Lipinski definition) is 10. The van der Waals surface area contributed by atoms with Gasteiger partial charge in [0.05, 0.1) is 59.4 Å². The van der Waals surface area contributed by atoms with Crippen LogP contribution in [-0.4, -0.2) is 73.9 Å².